The highest BCUT2D eigenvalue weighted by Gasteiger charge is 2.30. The summed E-state index contributed by atoms with van der Waals surface area (Å²) in [6.45, 7) is 6.22. The first-order valence-electron chi connectivity index (χ1n) is 14.5. The van der Waals surface area contributed by atoms with E-state index < -0.39 is 34.0 Å². The number of esters is 1. The van der Waals surface area contributed by atoms with E-state index in [0.29, 0.717) is 15.8 Å². The summed E-state index contributed by atoms with van der Waals surface area (Å²) in [5, 5.41) is 17.2. The van der Waals surface area contributed by atoms with Crippen LogP contribution >= 0.6 is 22.9 Å². The third kappa shape index (κ3) is 8.46. The Kier molecular flexibility index (Phi) is 10.2. The molecule has 12 nitrogen and oxygen atoms in total. The van der Waals surface area contributed by atoms with Gasteiger partial charge in [0.2, 0.25) is 10.0 Å². The van der Waals surface area contributed by atoms with E-state index in [1.165, 1.54) is 41.2 Å². The summed E-state index contributed by atoms with van der Waals surface area (Å²) >= 11 is 7.45. The third-order valence-corrected chi connectivity index (χ3v) is 9.85. The fourth-order valence-corrected chi connectivity index (χ4v) is 6.97. The van der Waals surface area contributed by atoms with Crippen LogP contribution in [0, 0.1) is 0 Å². The number of amides is 1. The van der Waals surface area contributed by atoms with Crippen LogP contribution in [0.2, 0.25) is 5.02 Å². The van der Waals surface area contributed by atoms with Gasteiger partial charge in [-0.2, -0.15) is 9.52 Å². The lowest BCUT2D eigenvalue weighted by molar-refractivity contribution is -0.155. The molecule has 2 aromatic heterocycles. The second kappa shape index (κ2) is 14.1. The van der Waals surface area contributed by atoms with Crippen molar-refractivity contribution < 1.29 is 22.7 Å². The van der Waals surface area contributed by atoms with Crippen LogP contribution in [0.15, 0.2) is 77.7 Å². The van der Waals surface area contributed by atoms with Gasteiger partial charge in [0, 0.05) is 16.1 Å². The molecule has 0 aliphatic rings. The first kappa shape index (κ1) is 33.9. The van der Waals surface area contributed by atoms with Crippen LogP contribution in [0.3, 0.4) is 0 Å². The summed E-state index contributed by atoms with van der Waals surface area (Å²) in [7, 11) is -4.24. The number of anilines is 1. The molecular formula is C32H32ClN7O5S2. The van der Waals surface area contributed by atoms with Crippen LogP contribution in [0.5, 0.6) is 0 Å². The number of hydrogen-bond donors (Lipinski definition) is 2. The summed E-state index contributed by atoms with van der Waals surface area (Å²) in [5.74, 6) is -1.16. The number of tetrazole rings is 1. The number of rotatable bonds is 11. The molecule has 3 aromatic carbocycles. The van der Waals surface area contributed by atoms with Gasteiger partial charge in [-0.1, -0.05) is 71.5 Å². The van der Waals surface area contributed by atoms with E-state index in [2.05, 4.69) is 45.0 Å². The molecule has 0 atom stereocenters. The fraction of sp³-hybridized carbons (Fsp3) is 0.250. The summed E-state index contributed by atoms with van der Waals surface area (Å²) in [6, 6.07) is 20.9. The van der Waals surface area contributed by atoms with Gasteiger partial charge in [-0.25, -0.2) is 13.4 Å². The quantitative estimate of drug-likeness (QED) is 0.158. The predicted molar refractivity (Wildman–Crippen MR) is 179 cm³/mol. The molecule has 1 amide bonds. The molecule has 5 aromatic rings. The van der Waals surface area contributed by atoms with Crippen molar-refractivity contribution in [3.8, 4) is 21.7 Å². The van der Waals surface area contributed by atoms with Gasteiger partial charge in [0.05, 0.1) is 22.0 Å². The Morgan fingerprint density at radius 2 is 1.64 bits per heavy atom. The SMILES string of the molecule is CCc1ccc(-c2sc(NC(=O)c3ccc(S(=O)(=O)N(CC(=O)OC(C)(C)C)Cc4nn[nH]n4)cc3)nc2-c2ccc(Cl)cc2)cc1. The van der Waals surface area contributed by atoms with Gasteiger partial charge in [0.25, 0.3) is 5.91 Å². The number of halogens is 1. The Morgan fingerprint density at radius 3 is 2.23 bits per heavy atom. The fourth-order valence-electron chi connectivity index (χ4n) is 4.51. The lowest BCUT2D eigenvalue weighted by Crippen LogP contribution is -2.38. The number of ether oxygens (including phenoxy) is 1. The molecule has 0 aliphatic heterocycles. The van der Waals surface area contributed by atoms with Gasteiger partial charge in [-0.05, 0) is 74.7 Å². The number of H-pyrrole nitrogens is 1. The second-order valence-corrected chi connectivity index (χ2v) is 14.8. The number of aryl methyl sites for hydroxylation is 1. The molecule has 0 bridgehead atoms. The highest BCUT2D eigenvalue weighted by molar-refractivity contribution is 7.89. The van der Waals surface area contributed by atoms with Gasteiger partial charge >= 0.3 is 5.97 Å². The minimum absolute atomic E-state index is 0.0650. The minimum Gasteiger partial charge on any atom is -0.459 e. The Balaban J connectivity index is 1.38. The minimum atomic E-state index is -4.24. The van der Waals surface area contributed by atoms with Gasteiger partial charge < -0.3 is 4.74 Å². The number of nitrogens with one attached hydrogen (secondary N) is 2. The second-order valence-electron chi connectivity index (χ2n) is 11.4. The molecule has 0 saturated heterocycles. The highest BCUT2D eigenvalue weighted by Crippen LogP contribution is 2.39. The zero-order valence-corrected chi connectivity index (χ0v) is 28.4. The lowest BCUT2D eigenvalue weighted by atomic mass is 10.0. The third-order valence-electron chi connectivity index (χ3n) is 6.78. The van der Waals surface area contributed by atoms with Crippen molar-refractivity contribution in [2.24, 2.45) is 0 Å². The van der Waals surface area contributed by atoms with Crippen LogP contribution in [0.4, 0.5) is 5.13 Å². The van der Waals surface area contributed by atoms with Crippen LogP contribution in [0.25, 0.3) is 21.7 Å². The zero-order chi connectivity index (χ0) is 33.8. The molecule has 5 rings (SSSR count). The maximum atomic E-state index is 13.6. The number of aromatic nitrogens is 5. The van der Waals surface area contributed by atoms with Crippen molar-refractivity contribution in [1.82, 2.24) is 29.9 Å². The molecule has 0 fully saturated rings. The number of hydrogen-bond acceptors (Lipinski definition) is 10. The molecule has 0 radical (unpaired) electrons. The van der Waals surface area contributed by atoms with E-state index in [9.17, 15) is 18.0 Å². The summed E-state index contributed by atoms with van der Waals surface area (Å²) < 4.78 is 33.5. The molecule has 2 N–H and O–H groups in total. The van der Waals surface area contributed by atoms with E-state index in [1.807, 2.05) is 24.3 Å². The lowest BCUT2D eigenvalue weighted by Gasteiger charge is -2.24. The van der Waals surface area contributed by atoms with Gasteiger partial charge in [0.1, 0.15) is 12.1 Å². The zero-order valence-electron chi connectivity index (χ0n) is 26.0. The molecule has 47 heavy (non-hydrogen) atoms. The van der Waals surface area contributed by atoms with Crippen LogP contribution < -0.4 is 5.32 Å². The average Bonchev–Trinajstić information content (AvgIpc) is 3.70. The van der Waals surface area contributed by atoms with E-state index in [-0.39, 0.29) is 22.8 Å². The Labute approximate surface area is 281 Å². The molecule has 0 unspecified atom stereocenters. The van der Waals surface area contributed by atoms with E-state index in [1.54, 1.807) is 32.9 Å². The van der Waals surface area contributed by atoms with Crippen molar-refractivity contribution in [1.29, 1.82) is 0 Å². The Hall–Kier alpha value is -4.50. The molecule has 15 heteroatoms. The molecular weight excluding hydrogens is 662 g/mol. The number of thiazole rings is 1. The first-order chi connectivity index (χ1) is 22.3. The van der Waals surface area contributed by atoms with Crippen molar-refractivity contribution >= 4 is 50.0 Å². The van der Waals surface area contributed by atoms with Crippen molar-refractivity contribution in [2.75, 3.05) is 11.9 Å². The topological polar surface area (TPSA) is 160 Å². The van der Waals surface area contributed by atoms with E-state index in [4.69, 9.17) is 21.3 Å². The van der Waals surface area contributed by atoms with Crippen molar-refractivity contribution in [3.63, 3.8) is 0 Å². The monoisotopic (exact) mass is 693 g/mol. The van der Waals surface area contributed by atoms with Crippen molar-refractivity contribution in [3.05, 3.63) is 94.8 Å². The first-order valence-corrected chi connectivity index (χ1v) is 17.2. The predicted octanol–water partition coefficient (Wildman–Crippen LogP) is 5.99. The number of benzene rings is 3. The molecule has 0 spiro atoms. The maximum Gasteiger partial charge on any atom is 0.321 e. The number of sulfonamides is 1. The Bertz CT molecular complexity index is 1960. The van der Waals surface area contributed by atoms with Crippen LogP contribution in [-0.4, -0.2) is 62.4 Å². The Morgan fingerprint density at radius 1 is 0.979 bits per heavy atom. The van der Waals surface area contributed by atoms with E-state index in [0.717, 1.165) is 26.7 Å². The molecule has 0 aliphatic carbocycles. The largest absolute Gasteiger partial charge is 0.459 e. The number of carbonyl (C=O) groups is 2. The molecule has 2 heterocycles. The molecule has 0 saturated carbocycles. The van der Waals surface area contributed by atoms with Gasteiger partial charge in [0.15, 0.2) is 11.0 Å². The van der Waals surface area contributed by atoms with Crippen LogP contribution in [-0.2, 0) is 32.5 Å². The maximum absolute atomic E-state index is 13.6. The standard InChI is InChI=1S/C32H32ClN7O5S2/c1-5-20-6-8-22(9-7-20)29-28(21-10-14-24(33)15-11-21)34-31(46-29)35-30(42)23-12-16-25(17-13-23)47(43,44)40(18-26-36-38-39-37-26)19-27(41)45-32(2,3)4/h6-17H,5,18-19H2,1-4H3,(H,34,35,42)(H,36,37,38,39). The number of aromatic amines is 1. The van der Waals surface area contributed by atoms with E-state index >= 15 is 0 Å². The van der Waals surface area contributed by atoms with Crippen molar-refractivity contribution in [2.45, 2.75) is 51.2 Å². The van der Waals surface area contributed by atoms with Gasteiger partial charge in [-0.3, -0.25) is 14.9 Å². The molecule has 244 valence electrons. The van der Waals surface area contributed by atoms with Gasteiger partial charge in [-0.15, -0.1) is 10.2 Å². The normalized spacial score (nSPS) is 11.9. The highest BCUT2D eigenvalue weighted by atomic mass is 35.5. The number of carbonyl (C=O) groups excluding carboxylic acids is 2. The number of nitrogens with zero attached hydrogens (tertiary/aromatic N) is 5. The smallest absolute Gasteiger partial charge is 0.321 e. The summed E-state index contributed by atoms with van der Waals surface area (Å²) in [6.07, 6.45) is 0.912. The summed E-state index contributed by atoms with van der Waals surface area (Å²) in [5.41, 5.74) is 3.08. The average molecular weight is 694 g/mol. The van der Waals surface area contributed by atoms with Crippen LogP contribution in [0.1, 0.15) is 49.4 Å². The summed E-state index contributed by atoms with van der Waals surface area (Å²) in [4.78, 5) is 31.4.